The first-order chi connectivity index (χ1) is 8.88. The lowest BCUT2D eigenvalue weighted by Crippen LogP contribution is -2.54. The molecule has 0 bridgehead atoms. The molecule has 1 aromatic heterocycles. The van der Waals surface area contributed by atoms with Crippen molar-refractivity contribution in [3.63, 3.8) is 0 Å². The Labute approximate surface area is 114 Å². The summed E-state index contributed by atoms with van der Waals surface area (Å²) in [5.41, 5.74) is 6.30. The molecule has 1 amide bonds. The lowest BCUT2D eigenvalue weighted by molar-refractivity contribution is 0.0451. The molecule has 0 radical (unpaired) electrons. The summed E-state index contributed by atoms with van der Waals surface area (Å²) in [4.78, 5) is 20.5. The van der Waals surface area contributed by atoms with Crippen LogP contribution in [0.4, 0.5) is 5.82 Å². The maximum absolute atomic E-state index is 12.3. The van der Waals surface area contributed by atoms with E-state index < -0.39 is 0 Å². The van der Waals surface area contributed by atoms with Crippen LogP contribution in [0, 0.1) is 0 Å². The smallest absolute Gasteiger partial charge is 0.255 e. The highest BCUT2D eigenvalue weighted by molar-refractivity contribution is 5.94. The molecule has 1 saturated heterocycles. The first-order valence-electron chi connectivity index (χ1n) is 6.64. The Kier molecular flexibility index (Phi) is 3.75. The molecule has 104 valence electrons. The second-order valence-corrected chi connectivity index (χ2v) is 5.92. The second kappa shape index (κ2) is 5.17. The van der Waals surface area contributed by atoms with Crippen molar-refractivity contribution in [3.8, 4) is 0 Å². The van der Waals surface area contributed by atoms with E-state index in [1.807, 2.05) is 4.90 Å². The number of rotatable bonds is 1. The van der Waals surface area contributed by atoms with E-state index in [0.717, 1.165) is 26.2 Å². The Hall–Kier alpha value is -1.62. The number of hydrogen-bond donors (Lipinski definition) is 1. The van der Waals surface area contributed by atoms with Crippen LogP contribution < -0.4 is 5.73 Å². The van der Waals surface area contributed by atoms with Gasteiger partial charge in [-0.1, -0.05) is 0 Å². The molecule has 1 aromatic rings. The quantitative estimate of drug-likeness (QED) is 0.826. The summed E-state index contributed by atoms with van der Waals surface area (Å²) in [6.07, 6.45) is 1.55. The fraction of sp³-hybridized carbons (Fsp3) is 0.571. The molecule has 2 N–H and O–H groups in total. The van der Waals surface area contributed by atoms with E-state index in [1.54, 1.807) is 18.3 Å². The van der Waals surface area contributed by atoms with Crippen molar-refractivity contribution in [2.24, 2.45) is 0 Å². The van der Waals surface area contributed by atoms with Gasteiger partial charge in [-0.25, -0.2) is 4.98 Å². The SMILES string of the molecule is CC(C)(C)N1CCN(C(=O)c2ccc(N)nc2)CC1. The minimum atomic E-state index is 0.0426. The Balaban J connectivity index is 1.98. The monoisotopic (exact) mass is 262 g/mol. The predicted molar refractivity (Wildman–Crippen MR) is 75.9 cm³/mol. The molecule has 1 aliphatic rings. The van der Waals surface area contributed by atoms with Crippen molar-refractivity contribution >= 4 is 11.7 Å². The summed E-state index contributed by atoms with van der Waals surface area (Å²) in [5, 5.41) is 0. The molecule has 0 spiro atoms. The molecule has 0 aliphatic carbocycles. The third-order valence-corrected chi connectivity index (χ3v) is 3.55. The minimum Gasteiger partial charge on any atom is -0.384 e. The summed E-state index contributed by atoms with van der Waals surface area (Å²) >= 11 is 0. The number of piperazine rings is 1. The Morgan fingerprint density at radius 3 is 2.32 bits per heavy atom. The van der Waals surface area contributed by atoms with Crippen molar-refractivity contribution in [2.75, 3.05) is 31.9 Å². The average molecular weight is 262 g/mol. The zero-order valence-corrected chi connectivity index (χ0v) is 11.9. The van der Waals surface area contributed by atoms with Crippen LogP contribution in [0.1, 0.15) is 31.1 Å². The first-order valence-corrected chi connectivity index (χ1v) is 6.64. The largest absolute Gasteiger partial charge is 0.384 e. The van der Waals surface area contributed by atoms with Crippen LogP contribution in [0.3, 0.4) is 0 Å². The van der Waals surface area contributed by atoms with Crippen molar-refractivity contribution in [1.82, 2.24) is 14.8 Å². The summed E-state index contributed by atoms with van der Waals surface area (Å²) in [6, 6.07) is 3.40. The van der Waals surface area contributed by atoms with Gasteiger partial charge in [-0.15, -0.1) is 0 Å². The van der Waals surface area contributed by atoms with Crippen LogP contribution in [0.25, 0.3) is 0 Å². The summed E-state index contributed by atoms with van der Waals surface area (Å²) < 4.78 is 0. The predicted octanol–water partition coefficient (Wildman–Crippen LogP) is 1.22. The van der Waals surface area contributed by atoms with E-state index in [-0.39, 0.29) is 11.4 Å². The second-order valence-electron chi connectivity index (χ2n) is 5.92. The van der Waals surface area contributed by atoms with E-state index in [2.05, 4.69) is 30.7 Å². The average Bonchev–Trinajstić information content (AvgIpc) is 2.38. The molecule has 2 heterocycles. The summed E-state index contributed by atoms with van der Waals surface area (Å²) in [6.45, 7) is 9.97. The molecule has 5 nitrogen and oxygen atoms in total. The molecule has 19 heavy (non-hydrogen) atoms. The first kappa shape index (κ1) is 13.8. The van der Waals surface area contributed by atoms with Crippen LogP contribution in [0.15, 0.2) is 18.3 Å². The van der Waals surface area contributed by atoms with Gasteiger partial charge < -0.3 is 10.6 Å². The van der Waals surface area contributed by atoms with E-state index >= 15 is 0 Å². The zero-order chi connectivity index (χ0) is 14.0. The molecule has 0 aromatic carbocycles. The molecular formula is C14H22N4O. The van der Waals surface area contributed by atoms with Crippen LogP contribution in [-0.4, -0.2) is 52.4 Å². The fourth-order valence-electron chi connectivity index (χ4n) is 2.29. The number of carbonyl (C=O) groups excluding carboxylic acids is 1. The lowest BCUT2D eigenvalue weighted by Gasteiger charge is -2.42. The third-order valence-electron chi connectivity index (χ3n) is 3.55. The van der Waals surface area contributed by atoms with Crippen LogP contribution in [0.2, 0.25) is 0 Å². The molecule has 2 rings (SSSR count). The van der Waals surface area contributed by atoms with Gasteiger partial charge in [-0.2, -0.15) is 0 Å². The molecule has 1 aliphatic heterocycles. The molecular weight excluding hydrogens is 240 g/mol. The number of nitrogen functional groups attached to an aromatic ring is 1. The van der Waals surface area contributed by atoms with Gasteiger partial charge in [-0.3, -0.25) is 9.69 Å². The molecule has 1 fully saturated rings. The number of hydrogen-bond acceptors (Lipinski definition) is 4. The number of aromatic nitrogens is 1. The fourth-order valence-corrected chi connectivity index (χ4v) is 2.29. The van der Waals surface area contributed by atoms with Gasteiger partial charge in [0.1, 0.15) is 5.82 Å². The standard InChI is InChI=1S/C14H22N4O/c1-14(2,3)18-8-6-17(7-9-18)13(19)11-4-5-12(15)16-10-11/h4-5,10H,6-9H2,1-3H3,(H2,15,16). The van der Waals surface area contributed by atoms with E-state index in [1.165, 1.54) is 0 Å². The van der Waals surface area contributed by atoms with Gasteiger partial charge in [0.15, 0.2) is 0 Å². The third kappa shape index (κ3) is 3.23. The van der Waals surface area contributed by atoms with Gasteiger partial charge in [0.25, 0.3) is 5.91 Å². The minimum absolute atomic E-state index is 0.0426. The summed E-state index contributed by atoms with van der Waals surface area (Å²) in [7, 11) is 0. The number of nitrogens with two attached hydrogens (primary N) is 1. The van der Waals surface area contributed by atoms with Gasteiger partial charge in [0, 0.05) is 37.9 Å². The van der Waals surface area contributed by atoms with Crippen molar-refractivity contribution < 1.29 is 4.79 Å². The molecule has 0 saturated carbocycles. The van der Waals surface area contributed by atoms with E-state index in [0.29, 0.717) is 11.4 Å². The van der Waals surface area contributed by atoms with E-state index in [9.17, 15) is 4.79 Å². The maximum Gasteiger partial charge on any atom is 0.255 e. The highest BCUT2D eigenvalue weighted by atomic mass is 16.2. The van der Waals surface area contributed by atoms with Crippen molar-refractivity contribution in [1.29, 1.82) is 0 Å². The van der Waals surface area contributed by atoms with Gasteiger partial charge in [0.05, 0.1) is 5.56 Å². The number of nitrogens with zero attached hydrogens (tertiary/aromatic N) is 3. The van der Waals surface area contributed by atoms with Gasteiger partial charge >= 0.3 is 0 Å². The van der Waals surface area contributed by atoms with Gasteiger partial charge in [0.2, 0.25) is 0 Å². The highest BCUT2D eigenvalue weighted by Gasteiger charge is 2.28. The Bertz CT molecular complexity index is 442. The normalized spacial score (nSPS) is 17.5. The van der Waals surface area contributed by atoms with E-state index in [4.69, 9.17) is 5.73 Å². The topological polar surface area (TPSA) is 62.5 Å². The van der Waals surface area contributed by atoms with Crippen LogP contribution in [-0.2, 0) is 0 Å². The zero-order valence-electron chi connectivity index (χ0n) is 11.9. The summed E-state index contributed by atoms with van der Waals surface area (Å²) in [5.74, 6) is 0.482. The maximum atomic E-state index is 12.3. The van der Waals surface area contributed by atoms with Gasteiger partial charge in [-0.05, 0) is 32.9 Å². The number of anilines is 1. The number of carbonyl (C=O) groups is 1. The number of amides is 1. The lowest BCUT2D eigenvalue weighted by atomic mass is 10.0. The number of pyridine rings is 1. The molecule has 0 atom stereocenters. The van der Waals surface area contributed by atoms with Crippen LogP contribution >= 0.6 is 0 Å². The van der Waals surface area contributed by atoms with Crippen LogP contribution in [0.5, 0.6) is 0 Å². The Morgan fingerprint density at radius 1 is 1.21 bits per heavy atom. The highest BCUT2D eigenvalue weighted by Crippen LogP contribution is 2.17. The van der Waals surface area contributed by atoms with Crippen molar-refractivity contribution in [2.45, 2.75) is 26.3 Å². The molecule has 5 heteroatoms. The van der Waals surface area contributed by atoms with Crippen molar-refractivity contribution in [3.05, 3.63) is 23.9 Å². The molecule has 0 unspecified atom stereocenters. The Morgan fingerprint density at radius 2 is 1.84 bits per heavy atom.